The summed E-state index contributed by atoms with van der Waals surface area (Å²) in [7, 11) is -9.68. The number of ether oxygens (including phenoxy) is 11. The number of carbonyl (C=O) groups excluding carboxylic acids is 2. The predicted octanol–water partition coefficient (Wildman–Crippen LogP) is -8.83. The van der Waals surface area contributed by atoms with Crippen LogP contribution in [0.25, 0.3) is 0 Å². The number of hydrogen-bond acceptors (Lipinski definition) is 29. The van der Waals surface area contributed by atoms with E-state index in [1.54, 1.807) is 0 Å². The number of rotatable bonds is 17. The third-order valence-corrected chi connectivity index (χ3v) is 12.0. The van der Waals surface area contributed by atoms with E-state index in [0.717, 1.165) is 7.11 Å². The van der Waals surface area contributed by atoms with Gasteiger partial charge in [0.15, 0.2) is 49.8 Å². The van der Waals surface area contributed by atoms with Crippen LogP contribution in [0.15, 0.2) is 0 Å². The molecule has 5 aliphatic rings. The second kappa shape index (κ2) is 22.1. The first-order valence-corrected chi connectivity index (χ1v) is 22.3. The molecule has 32 nitrogen and oxygen atoms in total. The maximum atomic E-state index is 12.9. The number of aliphatic carboxylic acids is 1. The summed E-state index contributed by atoms with van der Waals surface area (Å²) < 4.78 is 134. The molecule has 0 spiro atoms. The summed E-state index contributed by atoms with van der Waals surface area (Å²) in [6.45, 7) is 1.29. The van der Waals surface area contributed by atoms with Crippen LogP contribution in [0.3, 0.4) is 0 Å². The van der Waals surface area contributed by atoms with Crippen molar-refractivity contribution in [3.8, 4) is 0 Å². The van der Waals surface area contributed by atoms with Crippen LogP contribution in [0.2, 0.25) is 0 Å². The van der Waals surface area contributed by atoms with E-state index in [-0.39, 0.29) is 12.9 Å². The quantitative estimate of drug-likeness (QED) is 0.0279. The lowest BCUT2D eigenvalue weighted by atomic mass is 9.95. The van der Waals surface area contributed by atoms with Crippen molar-refractivity contribution in [2.45, 2.75) is 168 Å². The second-order valence-corrected chi connectivity index (χ2v) is 17.7. The molecule has 0 aromatic carbocycles. The summed E-state index contributed by atoms with van der Waals surface area (Å²) in [6, 6.07) is -4.35. The topological polar surface area (TPSA) is 500 Å². The van der Waals surface area contributed by atoms with Gasteiger partial charge in [0.2, 0.25) is 0 Å². The van der Waals surface area contributed by atoms with Gasteiger partial charge in [0.25, 0.3) is 0 Å². The van der Waals surface area contributed by atoms with Crippen LogP contribution < -0.4 is 17.2 Å². The molecule has 5 rings (SSSR count). The number of aliphatic hydroxyl groups is 6. The van der Waals surface area contributed by atoms with Crippen LogP contribution in [-0.2, 0) is 95.7 Å². The van der Waals surface area contributed by atoms with E-state index in [9.17, 15) is 71.5 Å². The molecule has 66 heavy (non-hydrogen) atoms. The Balaban J connectivity index is 1.31. The molecule has 5 aliphatic heterocycles. The zero-order valence-corrected chi connectivity index (χ0v) is 36.2. The molecular weight excluding hydrogens is 954 g/mol. The van der Waals surface area contributed by atoms with Gasteiger partial charge in [0, 0.05) is 7.11 Å². The molecule has 10 unspecified atom stereocenters. The molecule has 24 atom stereocenters. The van der Waals surface area contributed by atoms with Crippen LogP contribution in [-0.4, -0.2) is 241 Å². The Kier molecular flexibility index (Phi) is 18.3. The Morgan fingerprint density at radius 3 is 1.80 bits per heavy atom. The minimum absolute atomic E-state index is 0.268. The average Bonchev–Trinajstić information content (AvgIpc) is 3.22. The van der Waals surface area contributed by atoms with Gasteiger partial charge in [-0.05, 0) is 20.3 Å². The lowest BCUT2D eigenvalue weighted by molar-refractivity contribution is -0.363. The molecule has 382 valence electrons. The third-order valence-electron chi connectivity index (χ3n) is 11.1. The molecule has 0 aromatic heterocycles. The Morgan fingerprint density at radius 1 is 0.636 bits per heavy atom. The van der Waals surface area contributed by atoms with Gasteiger partial charge in [0.1, 0.15) is 61.0 Å². The summed E-state index contributed by atoms with van der Waals surface area (Å²) in [6.07, 6.45) is -39.5. The van der Waals surface area contributed by atoms with Crippen LogP contribution >= 0.6 is 0 Å². The first kappa shape index (κ1) is 54.5. The van der Waals surface area contributed by atoms with Gasteiger partial charge in [-0.2, -0.15) is 16.8 Å². The van der Waals surface area contributed by atoms with Gasteiger partial charge >= 0.3 is 39.2 Å². The van der Waals surface area contributed by atoms with E-state index in [2.05, 4.69) is 13.1 Å². The molecule has 0 amide bonds. The molecule has 5 heterocycles. The minimum Gasteiger partial charge on any atom is -0.479 e. The van der Waals surface area contributed by atoms with E-state index in [1.165, 1.54) is 13.8 Å². The van der Waals surface area contributed by atoms with Crippen LogP contribution in [0, 0.1) is 0 Å². The molecule has 5 fully saturated rings. The largest absolute Gasteiger partial charge is 0.479 e. The summed E-state index contributed by atoms with van der Waals surface area (Å²) in [5.41, 5.74) is 18.2. The number of carboxylic acids is 1. The first-order valence-electron chi connectivity index (χ1n) is 19.6. The molecule has 5 saturated heterocycles. The number of esters is 1. The molecular formula is C32H53N3O29S2. The smallest absolute Gasteiger partial charge is 0.397 e. The van der Waals surface area contributed by atoms with Crippen molar-refractivity contribution < 1.29 is 137 Å². The second-order valence-electron chi connectivity index (χ2n) is 15.6. The average molecular weight is 1010 g/mol. The van der Waals surface area contributed by atoms with Crippen molar-refractivity contribution in [1.29, 1.82) is 0 Å². The number of nitrogens with two attached hydrogens (primary N) is 3. The van der Waals surface area contributed by atoms with Gasteiger partial charge in [-0.25, -0.2) is 18.0 Å². The van der Waals surface area contributed by atoms with Crippen molar-refractivity contribution in [2.24, 2.45) is 17.2 Å². The van der Waals surface area contributed by atoms with Crippen LogP contribution in [0.4, 0.5) is 0 Å². The standard InChI is InChI=1S/C32H53N3O29S2/c1-7-10(57-31-18(41)17(40)21(25(63-31)27(45)53-6-36)61-30-12(34)15(38)14(37)8(2)56-30)4-9(33)28(55-7)60-22-19(42)23(64-66(49,50)51)32(62-24(22)26(43)44)59-20-11(5-54-65(46,47)48)58-29(52-3)13(35)16(20)39/h6-25,28-32,37-42H,4-5,33-35H2,1-3H3,(H,43,44)(H,46,47,48)(H,49,50,51)/t7?,8?,9?,10-,11?,12?,13?,14+,15-,16-,17-,18?,19+,20+,21-,22-,23?,24?,25?,28+,29-,30+,31-,32-/m1/s1. The molecule has 0 bridgehead atoms. The fourth-order valence-corrected chi connectivity index (χ4v) is 8.41. The molecule has 0 saturated carbocycles. The Bertz CT molecular complexity index is 1890. The molecule has 0 radical (unpaired) electrons. The molecule has 0 aliphatic carbocycles. The number of carbonyl (C=O) groups is 3. The summed E-state index contributed by atoms with van der Waals surface area (Å²) in [5, 5.41) is 75.2. The normalized spacial score (nSPS) is 46.0. The molecule has 34 heteroatoms. The highest BCUT2D eigenvalue weighted by molar-refractivity contribution is 7.81. The van der Waals surface area contributed by atoms with E-state index in [4.69, 9.17) is 69.1 Å². The van der Waals surface area contributed by atoms with Gasteiger partial charge < -0.3 is 105 Å². The van der Waals surface area contributed by atoms with Gasteiger partial charge in [-0.1, -0.05) is 0 Å². The Hall–Kier alpha value is -2.41. The summed E-state index contributed by atoms with van der Waals surface area (Å²) >= 11 is 0. The molecule has 0 aromatic rings. The van der Waals surface area contributed by atoms with Crippen LogP contribution in [0.1, 0.15) is 20.3 Å². The minimum atomic E-state index is -5.59. The SMILES string of the molecule is CO[C@@H]1OC(COS(=O)(=O)O)[C@H](O[C@@H]2OC(C(=O)O)[C@H](O[C@@H]3OC(C)[C@H](O[C@@H]4OC(C(=O)OC=O)[C@H](O[C@@H]5OC(C)[C@H](O)[C@H](O)C5N)[C@H](O)C4O)CC3N)[C@H](O)C2OS(=O)(=O)O)[C@H](O)C1N. The zero-order valence-electron chi connectivity index (χ0n) is 34.6. The van der Waals surface area contributed by atoms with Gasteiger partial charge in [-0.3, -0.25) is 13.9 Å². The first-order chi connectivity index (χ1) is 30.7. The number of hydrogen-bond donors (Lipinski definition) is 12. The maximum absolute atomic E-state index is 12.9. The maximum Gasteiger partial charge on any atom is 0.397 e. The highest BCUT2D eigenvalue weighted by Crippen LogP contribution is 2.36. The fraction of sp³-hybridized carbons (Fsp3) is 0.906. The monoisotopic (exact) mass is 1010 g/mol. The fourth-order valence-electron chi connectivity index (χ4n) is 7.62. The zero-order chi connectivity index (χ0) is 49.3. The highest BCUT2D eigenvalue weighted by atomic mass is 32.3. The van der Waals surface area contributed by atoms with E-state index < -0.39 is 187 Å². The lowest BCUT2D eigenvalue weighted by Gasteiger charge is -2.48. The van der Waals surface area contributed by atoms with Crippen molar-refractivity contribution in [3.63, 3.8) is 0 Å². The van der Waals surface area contributed by atoms with Gasteiger partial charge in [0.05, 0.1) is 43.0 Å². The number of methoxy groups -OCH3 is 1. The van der Waals surface area contributed by atoms with E-state index >= 15 is 0 Å². The predicted molar refractivity (Wildman–Crippen MR) is 199 cm³/mol. The van der Waals surface area contributed by atoms with Crippen molar-refractivity contribution >= 4 is 39.2 Å². The van der Waals surface area contributed by atoms with Crippen molar-refractivity contribution in [1.82, 2.24) is 0 Å². The lowest BCUT2D eigenvalue weighted by Crippen LogP contribution is -2.68. The third kappa shape index (κ3) is 12.7. The Morgan fingerprint density at radius 2 is 1.21 bits per heavy atom. The highest BCUT2D eigenvalue weighted by Gasteiger charge is 2.57. The number of carboxylic acid groups (broad SMARTS) is 1. The van der Waals surface area contributed by atoms with Gasteiger partial charge in [-0.15, -0.1) is 0 Å². The van der Waals surface area contributed by atoms with Crippen LogP contribution in [0.5, 0.6) is 0 Å². The van der Waals surface area contributed by atoms with Crippen molar-refractivity contribution in [2.75, 3.05) is 13.7 Å². The summed E-state index contributed by atoms with van der Waals surface area (Å²) in [5.74, 6) is -3.36. The van der Waals surface area contributed by atoms with E-state index in [0.29, 0.717) is 0 Å². The number of aliphatic hydroxyl groups excluding tert-OH is 6. The van der Waals surface area contributed by atoms with Crippen molar-refractivity contribution in [3.05, 3.63) is 0 Å². The summed E-state index contributed by atoms with van der Waals surface area (Å²) in [4.78, 5) is 36.6. The van der Waals surface area contributed by atoms with E-state index in [1.807, 2.05) is 0 Å². The molecule has 15 N–H and O–H groups in total. The Labute approximate surface area is 373 Å².